The maximum Gasteiger partial charge on any atom is 0.373 e. The Balaban J connectivity index is 2.50. The number of nitrogens with two attached hydrogens (primary N) is 1. The van der Waals surface area contributed by atoms with Crippen LogP contribution in [0.25, 0.3) is 0 Å². The van der Waals surface area contributed by atoms with Crippen molar-refractivity contribution in [3.8, 4) is 17.7 Å². The van der Waals surface area contributed by atoms with E-state index in [0.29, 0.717) is 11.3 Å². The summed E-state index contributed by atoms with van der Waals surface area (Å²) in [5, 5.41) is 42.7. The highest BCUT2D eigenvalue weighted by molar-refractivity contribution is 7.90. The molecule has 2 unspecified atom stereocenters. The lowest BCUT2D eigenvalue weighted by molar-refractivity contribution is -0.385. The van der Waals surface area contributed by atoms with Crippen LogP contribution >= 0.6 is 0 Å². The summed E-state index contributed by atoms with van der Waals surface area (Å²) in [6.45, 7) is 0.206. The summed E-state index contributed by atoms with van der Waals surface area (Å²) >= 11 is -1.79. The van der Waals surface area contributed by atoms with E-state index in [1.54, 1.807) is 19.0 Å². The van der Waals surface area contributed by atoms with E-state index in [2.05, 4.69) is 20.6 Å². The van der Waals surface area contributed by atoms with Gasteiger partial charge in [-0.05, 0) is 25.0 Å². The van der Waals surface area contributed by atoms with Crippen LogP contribution in [0.15, 0.2) is 23.4 Å². The van der Waals surface area contributed by atoms with Gasteiger partial charge in [-0.15, -0.1) is 4.98 Å². The van der Waals surface area contributed by atoms with Crippen molar-refractivity contribution in [2.75, 3.05) is 37.1 Å². The second-order valence-corrected chi connectivity index (χ2v) is 8.80. The van der Waals surface area contributed by atoms with Crippen LogP contribution in [0.2, 0.25) is 0 Å². The van der Waals surface area contributed by atoms with Crippen molar-refractivity contribution in [1.82, 2.24) is 15.3 Å². The molecule has 0 bridgehead atoms. The molecule has 0 saturated heterocycles. The number of nitriles is 1. The number of rotatable bonds is 12. The van der Waals surface area contributed by atoms with Gasteiger partial charge >= 0.3 is 22.7 Å². The molecule has 2 aromatic rings. The van der Waals surface area contributed by atoms with Crippen LogP contribution in [-0.2, 0) is 16.0 Å². The minimum absolute atomic E-state index is 0.000669. The molecule has 0 amide bonds. The molecule has 2 rings (SSSR count). The topological polar surface area (TPSA) is 239 Å². The average molecular weight is 520 g/mol. The normalized spacial score (nSPS) is 12.1. The molecule has 1 aromatic carbocycles. The first-order valence-electron chi connectivity index (χ1n) is 10.3. The number of nitro groups is 1. The van der Waals surface area contributed by atoms with Crippen molar-refractivity contribution < 1.29 is 24.1 Å². The standard InChI is InChI=1S/C20H25N9O6S/c1-28(2)14-9-12(7-6-11(14)10-21)35-17-15(29(32)33)16(26-20(27-17)36(3)34)25-13(18(30)31)5-4-8-24-19(22)23/h6-7,9,13H,4-5,8H2,1-3H3,(H,30,31)(H4,22,23,24)(H,25,26,27). The fourth-order valence-corrected chi connectivity index (χ4v) is 3.41. The maximum absolute atomic E-state index is 12.1. The van der Waals surface area contributed by atoms with Crippen molar-refractivity contribution in [3.63, 3.8) is 0 Å². The molecule has 0 aliphatic heterocycles. The van der Waals surface area contributed by atoms with Crippen molar-refractivity contribution in [2.45, 2.75) is 24.0 Å². The molecule has 36 heavy (non-hydrogen) atoms. The van der Waals surface area contributed by atoms with E-state index in [-0.39, 0.29) is 36.3 Å². The largest absolute Gasteiger partial charge is 0.609 e. The Bertz CT molecular complexity index is 1180. The fraction of sp³-hybridized carbons (Fsp3) is 0.350. The molecule has 0 radical (unpaired) electrons. The molecule has 16 heteroatoms. The number of ether oxygens (including phenoxy) is 1. The highest BCUT2D eigenvalue weighted by atomic mass is 32.2. The van der Waals surface area contributed by atoms with Crippen molar-refractivity contribution in [1.29, 1.82) is 10.7 Å². The Morgan fingerprint density at radius 3 is 2.67 bits per heavy atom. The van der Waals surface area contributed by atoms with E-state index >= 15 is 0 Å². The number of guanidine groups is 1. The predicted octanol–water partition coefficient (Wildman–Crippen LogP) is 0.981. The third-order valence-electron chi connectivity index (χ3n) is 4.65. The number of aromatic nitrogens is 2. The summed E-state index contributed by atoms with van der Waals surface area (Å²) < 4.78 is 17.8. The minimum atomic E-state index is -1.79. The number of carboxylic acids is 1. The minimum Gasteiger partial charge on any atom is -0.609 e. The molecule has 192 valence electrons. The van der Waals surface area contributed by atoms with Crippen LogP contribution in [0.5, 0.6) is 11.6 Å². The smallest absolute Gasteiger partial charge is 0.373 e. The van der Waals surface area contributed by atoms with Crippen LogP contribution < -0.4 is 26.0 Å². The first kappa shape index (κ1) is 27.9. The number of aliphatic carboxylic acids is 1. The number of nitrogens with zero attached hydrogens (tertiary/aromatic N) is 5. The van der Waals surface area contributed by atoms with Crippen LogP contribution in [-0.4, -0.2) is 69.4 Å². The number of benzene rings is 1. The van der Waals surface area contributed by atoms with E-state index in [4.69, 9.17) is 15.9 Å². The van der Waals surface area contributed by atoms with E-state index in [9.17, 15) is 29.8 Å². The van der Waals surface area contributed by atoms with Gasteiger partial charge < -0.3 is 35.7 Å². The molecule has 15 nitrogen and oxygen atoms in total. The first-order chi connectivity index (χ1) is 16.9. The second-order valence-electron chi connectivity index (χ2n) is 7.52. The number of nitrogens with one attached hydrogen (secondary N) is 3. The van der Waals surface area contributed by atoms with Gasteiger partial charge in [0.2, 0.25) is 5.82 Å². The number of hydrogen-bond acceptors (Lipinski definition) is 11. The zero-order chi connectivity index (χ0) is 27.0. The van der Waals surface area contributed by atoms with Gasteiger partial charge in [-0.3, -0.25) is 15.5 Å². The van der Waals surface area contributed by atoms with Crippen molar-refractivity contribution in [2.24, 2.45) is 5.73 Å². The predicted molar refractivity (Wildman–Crippen MR) is 131 cm³/mol. The average Bonchev–Trinajstić information content (AvgIpc) is 2.79. The lowest BCUT2D eigenvalue weighted by atomic mass is 10.1. The molecule has 1 heterocycles. The third-order valence-corrected chi connectivity index (χ3v) is 5.35. The van der Waals surface area contributed by atoms with E-state index < -0.39 is 45.5 Å². The molecule has 6 N–H and O–H groups in total. The Morgan fingerprint density at radius 2 is 2.14 bits per heavy atom. The fourth-order valence-electron chi connectivity index (χ4n) is 2.98. The Morgan fingerprint density at radius 1 is 1.44 bits per heavy atom. The lowest BCUT2D eigenvalue weighted by Crippen LogP contribution is -2.34. The molecule has 2 atom stereocenters. The Labute approximate surface area is 209 Å². The molecule has 0 aliphatic rings. The number of hydrogen-bond donors (Lipinski definition) is 5. The van der Waals surface area contributed by atoms with Crippen LogP contribution in [0, 0.1) is 26.9 Å². The highest BCUT2D eigenvalue weighted by Crippen LogP contribution is 2.37. The summed E-state index contributed by atoms with van der Waals surface area (Å²) in [6, 6.07) is 5.07. The molecule has 0 saturated carbocycles. The van der Waals surface area contributed by atoms with Crippen LogP contribution in [0.1, 0.15) is 18.4 Å². The zero-order valence-corrected chi connectivity index (χ0v) is 20.5. The van der Waals surface area contributed by atoms with Crippen molar-refractivity contribution >= 4 is 40.3 Å². The first-order valence-corrected chi connectivity index (χ1v) is 11.9. The quantitative estimate of drug-likeness (QED) is 0.0500. The molecule has 0 fully saturated rings. The summed E-state index contributed by atoms with van der Waals surface area (Å²) in [6.07, 6.45) is 1.51. The highest BCUT2D eigenvalue weighted by Gasteiger charge is 2.32. The third kappa shape index (κ3) is 7.32. The van der Waals surface area contributed by atoms with E-state index in [1.165, 1.54) is 24.5 Å². The number of carbonyl (C=O) groups is 1. The molecule has 1 aromatic heterocycles. The molecular weight excluding hydrogens is 494 g/mol. The molecule has 0 aliphatic carbocycles. The summed E-state index contributed by atoms with van der Waals surface area (Å²) in [5.41, 5.74) is 5.26. The molecular formula is C20H25N9O6S. The maximum atomic E-state index is 12.1. The zero-order valence-electron chi connectivity index (χ0n) is 19.6. The molecule has 0 spiro atoms. The second kappa shape index (κ2) is 12.4. The van der Waals surface area contributed by atoms with Gasteiger partial charge in [-0.1, -0.05) is 0 Å². The number of carboxylic acid groups (broad SMARTS) is 1. The van der Waals surface area contributed by atoms with Crippen LogP contribution in [0.4, 0.5) is 17.2 Å². The Hall–Kier alpha value is -4.36. The van der Waals surface area contributed by atoms with E-state index in [0.717, 1.165) is 0 Å². The monoisotopic (exact) mass is 519 g/mol. The van der Waals surface area contributed by atoms with Gasteiger partial charge in [0.25, 0.3) is 0 Å². The Kier molecular flexibility index (Phi) is 9.58. The van der Waals surface area contributed by atoms with Gasteiger partial charge in [-0.25, -0.2) is 4.79 Å². The summed E-state index contributed by atoms with van der Waals surface area (Å²) in [7, 11) is 3.40. The van der Waals surface area contributed by atoms with Gasteiger partial charge in [0, 0.05) is 37.9 Å². The number of anilines is 2. The lowest BCUT2D eigenvalue weighted by Gasteiger charge is -2.17. The summed E-state index contributed by atoms with van der Waals surface area (Å²) in [5.74, 6) is -2.53. The van der Waals surface area contributed by atoms with E-state index in [1.807, 2.05) is 6.07 Å². The van der Waals surface area contributed by atoms with Gasteiger partial charge in [0.15, 0.2) is 5.96 Å². The van der Waals surface area contributed by atoms with Gasteiger partial charge in [0.1, 0.15) is 24.1 Å². The summed E-state index contributed by atoms with van der Waals surface area (Å²) in [4.78, 5) is 32.4. The van der Waals surface area contributed by atoms with Gasteiger partial charge in [0.05, 0.1) is 16.2 Å². The van der Waals surface area contributed by atoms with Crippen LogP contribution in [0.3, 0.4) is 0 Å². The SMILES string of the molecule is CN(C)c1cc(Oc2nc([S+](C)[O-])nc(NC(CCCNC(=N)N)C(=O)O)c2[N+](=O)[O-])ccc1C#N. The van der Waals surface area contributed by atoms with Gasteiger partial charge in [-0.2, -0.15) is 10.2 Å². The van der Waals surface area contributed by atoms with Crippen molar-refractivity contribution in [3.05, 3.63) is 33.9 Å².